The van der Waals surface area contributed by atoms with Gasteiger partial charge in [0, 0.05) is 35.0 Å². The second-order valence-corrected chi connectivity index (χ2v) is 10.4. The second kappa shape index (κ2) is 15.9. The monoisotopic (exact) mass is 632 g/mol. The van der Waals surface area contributed by atoms with Gasteiger partial charge in [0.1, 0.15) is 23.2 Å². The first-order valence-electron chi connectivity index (χ1n) is 14.4. The zero-order valence-electron chi connectivity index (χ0n) is 25.2. The number of amides is 1. The summed E-state index contributed by atoms with van der Waals surface area (Å²) in [6, 6.07) is 11.9. The van der Waals surface area contributed by atoms with Crippen LogP contribution in [0.4, 0.5) is 17.6 Å². The number of carboxylic acids is 1. The quantitative estimate of drug-likeness (QED) is 0.0928. The van der Waals surface area contributed by atoms with Crippen LogP contribution in [0.5, 0.6) is 5.75 Å². The SMILES string of the molecule is CCC(=O)CCCCC[C@H](NC(=O)Cc1c(C)[nH]c2ccc(OC)cc12)c1ncc(-c2ccccc2F)[nH]1.O=C(O)C(F)(F)F. The van der Waals surface area contributed by atoms with Gasteiger partial charge in [-0.2, -0.15) is 13.2 Å². The number of carbonyl (C=O) groups is 3. The molecular weight excluding hydrogens is 596 g/mol. The van der Waals surface area contributed by atoms with Crippen LogP contribution in [0.2, 0.25) is 0 Å². The number of ketones is 1. The summed E-state index contributed by atoms with van der Waals surface area (Å²) in [6.45, 7) is 3.83. The lowest BCUT2D eigenvalue weighted by Crippen LogP contribution is -2.30. The van der Waals surface area contributed by atoms with Crippen molar-refractivity contribution < 1.29 is 41.8 Å². The van der Waals surface area contributed by atoms with Crippen LogP contribution in [0.25, 0.3) is 22.2 Å². The third kappa shape index (κ3) is 9.91. The van der Waals surface area contributed by atoms with Crippen LogP contribution in [0.1, 0.15) is 68.6 Å². The molecule has 2 aromatic carbocycles. The molecular formula is C32H36F4N4O5. The lowest BCUT2D eigenvalue weighted by atomic mass is 10.0. The summed E-state index contributed by atoms with van der Waals surface area (Å²) in [4.78, 5) is 44.9. The maximum absolute atomic E-state index is 14.4. The maximum atomic E-state index is 14.4. The van der Waals surface area contributed by atoms with E-state index in [0.29, 0.717) is 36.3 Å². The molecule has 9 nitrogen and oxygen atoms in total. The lowest BCUT2D eigenvalue weighted by Gasteiger charge is -2.17. The van der Waals surface area contributed by atoms with Gasteiger partial charge in [-0.15, -0.1) is 0 Å². The molecule has 0 aliphatic carbocycles. The first kappa shape index (κ1) is 34.8. The minimum Gasteiger partial charge on any atom is -0.497 e. The normalized spacial score (nSPS) is 11.9. The van der Waals surface area contributed by atoms with Crippen LogP contribution in [-0.2, 0) is 20.8 Å². The molecule has 0 bridgehead atoms. The molecule has 0 aliphatic rings. The molecule has 4 N–H and O–H groups in total. The van der Waals surface area contributed by atoms with E-state index in [-0.39, 0.29) is 30.0 Å². The van der Waals surface area contributed by atoms with E-state index in [1.807, 2.05) is 32.0 Å². The summed E-state index contributed by atoms with van der Waals surface area (Å²) in [5, 5.41) is 11.2. The molecule has 2 heterocycles. The minimum atomic E-state index is -5.08. The number of ether oxygens (including phenoxy) is 1. The maximum Gasteiger partial charge on any atom is 0.490 e. The Hall–Kier alpha value is -4.68. The zero-order chi connectivity index (χ0) is 33.1. The number of benzene rings is 2. The third-order valence-corrected chi connectivity index (χ3v) is 7.17. The molecule has 0 radical (unpaired) electrons. The number of rotatable bonds is 13. The van der Waals surface area contributed by atoms with Gasteiger partial charge in [0.15, 0.2) is 0 Å². The van der Waals surface area contributed by atoms with Crippen molar-refractivity contribution in [3.63, 3.8) is 0 Å². The number of H-pyrrole nitrogens is 2. The Bertz CT molecular complexity index is 1610. The number of fused-ring (bicyclic) bond motifs is 1. The first-order valence-corrected chi connectivity index (χ1v) is 14.4. The van der Waals surface area contributed by atoms with E-state index in [1.54, 1.807) is 31.5 Å². The Kier molecular flexibility index (Phi) is 12.3. The number of hydrogen-bond donors (Lipinski definition) is 4. The van der Waals surface area contributed by atoms with Crippen LogP contribution in [-0.4, -0.2) is 51.0 Å². The largest absolute Gasteiger partial charge is 0.497 e. The van der Waals surface area contributed by atoms with Gasteiger partial charge in [-0.1, -0.05) is 31.9 Å². The molecule has 4 aromatic rings. The lowest BCUT2D eigenvalue weighted by molar-refractivity contribution is -0.192. The topological polar surface area (TPSA) is 137 Å². The van der Waals surface area contributed by atoms with Gasteiger partial charge in [-0.05, 0) is 55.7 Å². The molecule has 0 spiro atoms. The fourth-order valence-electron chi connectivity index (χ4n) is 4.75. The molecule has 242 valence electrons. The highest BCUT2D eigenvalue weighted by atomic mass is 19.4. The predicted molar refractivity (Wildman–Crippen MR) is 160 cm³/mol. The van der Waals surface area contributed by atoms with Crippen LogP contribution in [0, 0.1) is 12.7 Å². The van der Waals surface area contributed by atoms with Crippen molar-refractivity contribution in [2.45, 2.75) is 71.0 Å². The van der Waals surface area contributed by atoms with Crippen LogP contribution in [0.15, 0.2) is 48.7 Å². The van der Waals surface area contributed by atoms with Gasteiger partial charge in [0.05, 0.1) is 31.5 Å². The Morgan fingerprint density at radius 2 is 1.78 bits per heavy atom. The number of aromatic amines is 2. The smallest absolute Gasteiger partial charge is 0.490 e. The summed E-state index contributed by atoms with van der Waals surface area (Å²) >= 11 is 0. The number of alkyl halides is 3. The van der Waals surface area contributed by atoms with Gasteiger partial charge in [-0.3, -0.25) is 9.59 Å². The van der Waals surface area contributed by atoms with Crippen molar-refractivity contribution in [2.75, 3.05) is 7.11 Å². The highest BCUT2D eigenvalue weighted by Crippen LogP contribution is 2.28. The van der Waals surface area contributed by atoms with Crippen LogP contribution < -0.4 is 10.1 Å². The standard InChI is InChI=1S/C30H35FN4O3.C2HF3O2/c1-4-20(36)10-6-5-7-13-27(30-32-18-28(35-30)22-11-8-9-12-25(22)31)34-29(37)17-23-19(2)33-26-15-14-21(38-3)16-24(23)26;3-2(4,5)1(6)7/h8-9,11-12,14-16,18,27,33H,4-7,10,13,17H2,1-3H3,(H,32,35)(H,34,37);(H,6,7)/t27-;/m0./s1. The van der Waals surface area contributed by atoms with Crippen LogP contribution in [0.3, 0.4) is 0 Å². The molecule has 0 unspecified atom stereocenters. The van der Waals surface area contributed by atoms with E-state index in [2.05, 4.69) is 20.3 Å². The van der Waals surface area contributed by atoms with Gasteiger partial charge in [0.2, 0.25) is 5.91 Å². The fourth-order valence-corrected chi connectivity index (χ4v) is 4.75. The highest BCUT2D eigenvalue weighted by molar-refractivity contribution is 5.91. The number of carboxylic acid groups (broad SMARTS) is 1. The summed E-state index contributed by atoms with van der Waals surface area (Å²) in [5.74, 6) is -1.65. The zero-order valence-corrected chi connectivity index (χ0v) is 25.2. The Labute approximate surface area is 257 Å². The summed E-state index contributed by atoms with van der Waals surface area (Å²) < 4.78 is 51.5. The molecule has 0 aliphatic heterocycles. The van der Waals surface area contributed by atoms with E-state index in [9.17, 15) is 27.2 Å². The molecule has 13 heteroatoms. The molecule has 4 rings (SSSR count). The Morgan fingerprint density at radius 3 is 2.42 bits per heavy atom. The van der Waals surface area contributed by atoms with Gasteiger partial charge < -0.3 is 25.1 Å². The molecule has 0 saturated heterocycles. The number of Topliss-reactive ketones (excluding diaryl/α,β-unsaturated/α-hetero) is 1. The minimum absolute atomic E-state index is 0.133. The van der Waals surface area contributed by atoms with Crippen molar-refractivity contribution in [1.29, 1.82) is 0 Å². The number of aryl methyl sites for hydroxylation is 1. The average molecular weight is 633 g/mol. The number of aliphatic carboxylic acids is 1. The third-order valence-electron chi connectivity index (χ3n) is 7.17. The van der Waals surface area contributed by atoms with E-state index in [1.165, 1.54) is 6.07 Å². The predicted octanol–water partition coefficient (Wildman–Crippen LogP) is 6.98. The summed E-state index contributed by atoms with van der Waals surface area (Å²) in [6.07, 6.45) is 1.02. The number of hydrogen-bond acceptors (Lipinski definition) is 5. The number of methoxy groups -OCH3 is 1. The van der Waals surface area contributed by atoms with Gasteiger partial charge >= 0.3 is 12.1 Å². The number of carbonyl (C=O) groups excluding carboxylic acids is 2. The van der Waals surface area contributed by atoms with Crippen molar-refractivity contribution >= 4 is 28.6 Å². The van der Waals surface area contributed by atoms with E-state index in [0.717, 1.165) is 47.2 Å². The number of nitrogens with one attached hydrogen (secondary N) is 3. The van der Waals surface area contributed by atoms with Gasteiger partial charge in [-0.25, -0.2) is 14.2 Å². The highest BCUT2D eigenvalue weighted by Gasteiger charge is 2.38. The number of halogens is 4. The van der Waals surface area contributed by atoms with E-state index < -0.39 is 12.1 Å². The first-order chi connectivity index (χ1) is 21.3. The molecule has 45 heavy (non-hydrogen) atoms. The van der Waals surface area contributed by atoms with Crippen molar-refractivity contribution in [1.82, 2.24) is 20.3 Å². The fraction of sp³-hybridized carbons (Fsp3) is 0.375. The number of nitrogens with zero attached hydrogens (tertiary/aromatic N) is 1. The summed E-state index contributed by atoms with van der Waals surface area (Å²) in [5.41, 5.74) is 3.79. The van der Waals surface area contributed by atoms with Crippen LogP contribution >= 0.6 is 0 Å². The molecule has 1 atom stereocenters. The number of unbranched alkanes of at least 4 members (excludes halogenated alkanes) is 2. The average Bonchev–Trinajstić information content (AvgIpc) is 3.60. The van der Waals surface area contributed by atoms with E-state index in [4.69, 9.17) is 14.6 Å². The Balaban J connectivity index is 0.000000707. The van der Waals surface area contributed by atoms with Crippen molar-refractivity contribution in [2.24, 2.45) is 0 Å². The molecule has 0 saturated carbocycles. The molecule has 0 fully saturated rings. The molecule has 2 aromatic heterocycles. The Morgan fingerprint density at radius 1 is 1.07 bits per heavy atom. The number of imidazole rings is 1. The second-order valence-electron chi connectivity index (χ2n) is 10.4. The summed E-state index contributed by atoms with van der Waals surface area (Å²) in [7, 11) is 1.62. The van der Waals surface area contributed by atoms with Gasteiger partial charge in [0.25, 0.3) is 0 Å². The van der Waals surface area contributed by atoms with Crippen molar-refractivity contribution in [3.05, 3.63) is 71.6 Å². The number of aromatic nitrogens is 3. The van der Waals surface area contributed by atoms with Crippen molar-refractivity contribution in [3.8, 4) is 17.0 Å². The molecule has 1 amide bonds. The van der Waals surface area contributed by atoms with E-state index >= 15 is 0 Å².